The molecule has 18 nitrogen and oxygen atoms in total. The quantitative estimate of drug-likeness (QED) is 0.0817. The highest BCUT2D eigenvalue weighted by Crippen LogP contribution is 2.49. The molecule has 73 heavy (non-hydrogen) atoms. The van der Waals surface area contributed by atoms with Crippen LogP contribution in [0.5, 0.6) is 5.75 Å². The number of piperazine rings is 1. The number of carbonyl (C=O) groups is 4. The van der Waals surface area contributed by atoms with E-state index in [9.17, 15) is 23.7 Å². The number of methoxy groups -OCH3 is 1. The monoisotopic (exact) mass is 1080 g/mol. The van der Waals surface area contributed by atoms with Gasteiger partial charge in [-0.25, -0.2) is 9.37 Å². The number of halogens is 2. The molecule has 4 amide bonds. The molecule has 0 bridgehead atoms. The molecule has 1 aliphatic carbocycles. The van der Waals surface area contributed by atoms with Gasteiger partial charge in [0.25, 0.3) is 11.8 Å². The number of aromatic nitrogens is 4. The molecule has 5 aromatic rings. The first kappa shape index (κ1) is 49.1. The summed E-state index contributed by atoms with van der Waals surface area (Å²) in [4.78, 5) is 79.7. The Balaban J connectivity index is 0.678. The largest absolute Gasteiger partial charge is 0.494 e. The molecule has 2 aromatic heterocycles. The van der Waals surface area contributed by atoms with Crippen LogP contribution < -0.4 is 35.8 Å². The zero-order valence-corrected chi connectivity index (χ0v) is 43.7. The van der Waals surface area contributed by atoms with Crippen LogP contribution in [0.1, 0.15) is 83.6 Å². The average Bonchev–Trinajstić information content (AvgIpc) is 4.21. The average molecular weight is 1080 g/mol. The van der Waals surface area contributed by atoms with E-state index in [-0.39, 0.29) is 29.7 Å². The van der Waals surface area contributed by atoms with Crippen molar-refractivity contribution in [3.63, 3.8) is 0 Å². The zero-order chi connectivity index (χ0) is 50.7. The number of amides is 4. The second kappa shape index (κ2) is 20.0. The summed E-state index contributed by atoms with van der Waals surface area (Å²) in [5.41, 5.74) is 5.57. The van der Waals surface area contributed by atoms with Gasteiger partial charge in [0, 0.05) is 88.6 Å². The second-order valence-electron chi connectivity index (χ2n) is 20.5. The number of carbonyl (C=O) groups excluding carboxylic acids is 4. The fraction of sp³-hybridized carbons (Fsp3) is 0.462. The van der Waals surface area contributed by atoms with Crippen LogP contribution in [0.25, 0.3) is 11.0 Å². The molecule has 1 atom stereocenters. The standard InChI is InChI=1S/C52H59BrFN12O6P/c1-72-44-27-42(33(31-4-5-31)25-40(44)59-52-57-28-36(53)48(61-52)58-39-7-6-38-46(56-15-14-55-38)47(39)73(2,3)71)64-18-12-32(13-19-64)63-16-10-30(11-17-63)29-62-20-22-65(23-21-62)43-26-35-34(24-37(43)54)50(69)66(51(35)70)41-8-9-45(67)60-49(41)68/h6-7,14-15,24-28,30-32,41H,4-5,8-13,16-23,29H2,1-3H3,(H,60,67,68)(H2,57,58,59,61)/t41-/m0/s1. The Morgan fingerprint density at radius 1 is 0.795 bits per heavy atom. The summed E-state index contributed by atoms with van der Waals surface area (Å²) < 4.78 is 35.9. The van der Waals surface area contributed by atoms with Crippen LogP contribution in [0.15, 0.2) is 59.5 Å². The van der Waals surface area contributed by atoms with E-state index in [4.69, 9.17) is 9.72 Å². The van der Waals surface area contributed by atoms with E-state index in [2.05, 4.69) is 73.7 Å². The van der Waals surface area contributed by atoms with E-state index in [0.717, 1.165) is 101 Å². The van der Waals surface area contributed by atoms with Gasteiger partial charge in [-0.15, -0.1) is 0 Å². The van der Waals surface area contributed by atoms with Crippen molar-refractivity contribution >= 4 is 97.6 Å². The van der Waals surface area contributed by atoms with Crippen LogP contribution in [0, 0.1) is 11.7 Å². The van der Waals surface area contributed by atoms with E-state index in [1.54, 1.807) is 39.0 Å². The number of anilines is 6. The number of benzene rings is 3. The molecule has 0 spiro atoms. The van der Waals surface area contributed by atoms with E-state index >= 15 is 4.39 Å². The van der Waals surface area contributed by atoms with Gasteiger partial charge in [0.15, 0.2) is 0 Å². The third-order valence-electron chi connectivity index (χ3n) is 15.5. The Morgan fingerprint density at radius 2 is 1.51 bits per heavy atom. The van der Waals surface area contributed by atoms with Gasteiger partial charge in [-0.3, -0.25) is 44.3 Å². The van der Waals surface area contributed by atoms with Crippen molar-refractivity contribution in [2.75, 3.05) is 99.8 Å². The lowest BCUT2D eigenvalue weighted by Crippen LogP contribution is -2.54. The highest BCUT2D eigenvalue weighted by molar-refractivity contribution is 9.10. The first-order valence-corrected chi connectivity index (χ1v) is 28.7. The minimum absolute atomic E-state index is 0.0223. The number of ether oxygens (including phenoxy) is 1. The summed E-state index contributed by atoms with van der Waals surface area (Å²) in [5, 5.41) is 9.66. The molecule has 382 valence electrons. The van der Waals surface area contributed by atoms with Crippen LogP contribution >= 0.6 is 23.1 Å². The maximum atomic E-state index is 15.6. The van der Waals surface area contributed by atoms with Crippen LogP contribution in [-0.4, -0.2) is 150 Å². The lowest BCUT2D eigenvalue weighted by Gasteiger charge is -2.44. The molecule has 11 rings (SSSR count). The first-order valence-electron chi connectivity index (χ1n) is 25.3. The highest BCUT2D eigenvalue weighted by Gasteiger charge is 2.45. The molecule has 6 aliphatic rings. The van der Waals surface area contributed by atoms with Crippen molar-refractivity contribution in [2.45, 2.75) is 69.4 Å². The molecule has 21 heteroatoms. The maximum absolute atomic E-state index is 15.6. The number of fused-ring (bicyclic) bond motifs is 2. The van der Waals surface area contributed by atoms with Crippen molar-refractivity contribution in [1.29, 1.82) is 0 Å². The molecule has 0 unspecified atom stereocenters. The summed E-state index contributed by atoms with van der Waals surface area (Å²) in [6.07, 6.45) is 11.7. The second-order valence-corrected chi connectivity index (χ2v) is 24.5. The lowest BCUT2D eigenvalue weighted by atomic mass is 9.92. The number of hydrogen-bond acceptors (Lipinski definition) is 16. The Bertz CT molecular complexity index is 3080. The third kappa shape index (κ3) is 9.90. The van der Waals surface area contributed by atoms with Gasteiger partial charge < -0.3 is 34.6 Å². The van der Waals surface area contributed by atoms with Crippen LogP contribution in [0.3, 0.4) is 0 Å². The zero-order valence-electron chi connectivity index (χ0n) is 41.2. The molecule has 3 N–H and O–H groups in total. The number of rotatable bonds is 13. The fourth-order valence-corrected chi connectivity index (χ4v) is 13.2. The Hall–Kier alpha value is -6.08. The number of nitrogens with zero attached hydrogens (tertiary/aromatic N) is 9. The minimum Gasteiger partial charge on any atom is -0.494 e. The molecular formula is C52H59BrFN12O6P. The van der Waals surface area contributed by atoms with Crippen molar-refractivity contribution < 1.29 is 32.9 Å². The molecule has 4 saturated heterocycles. The van der Waals surface area contributed by atoms with Gasteiger partial charge in [-0.05, 0) is 135 Å². The fourth-order valence-electron chi connectivity index (χ4n) is 11.5. The normalized spacial score (nSPS) is 20.7. The predicted octanol–water partition coefficient (Wildman–Crippen LogP) is 6.85. The van der Waals surface area contributed by atoms with Gasteiger partial charge in [-0.1, -0.05) is 0 Å². The van der Waals surface area contributed by atoms with Gasteiger partial charge in [0.1, 0.15) is 36.1 Å². The van der Waals surface area contributed by atoms with Crippen LogP contribution in [0.4, 0.5) is 38.9 Å². The predicted molar refractivity (Wildman–Crippen MR) is 281 cm³/mol. The van der Waals surface area contributed by atoms with E-state index in [0.29, 0.717) is 75.0 Å². The van der Waals surface area contributed by atoms with Gasteiger partial charge >= 0.3 is 0 Å². The van der Waals surface area contributed by atoms with Crippen molar-refractivity contribution in [2.24, 2.45) is 5.92 Å². The van der Waals surface area contributed by atoms with E-state index in [1.807, 2.05) is 17.0 Å². The van der Waals surface area contributed by atoms with Crippen molar-refractivity contribution in [3.05, 3.63) is 82.0 Å². The highest BCUT2D eigenvalue weighted by atomic mass is 79.9. The van der Waals surface area contributed by atoms with Crippen molar-refractivity contribution in [3.8, 4) is 5.75 Å². The van der Waals surface area contributed by atoms with Crippen LogP contribution in [0.2, 0.25) is 0 Å². The molecular weight excluding hydrogens is 1020 g/mol. The molecule has 1 saturated carbocycles. The maximum Gasteiger partial charge on any atom is 0.262 e. The summed E-state index contributed by atoms with van der Waals surface area (Å²) in [6, 6.07) is 10.1. The summed E-state index contributed by atoms with van der Waals surface area (Å²) in [7, 11) is -1.10. The van der Waals surface area contributed by atoms with Gasteiger partial charge in [0.05, 0.1) is 50.6 Å². The summed E-state index contributed by atoms with van der Waals surface area (Å²) in [5.74, 6) is -0.380. The Morgan fingerprint density at radius 3 is 2.21 bits per heavy atom. The lowest BCUT2D eigenvalue weighted by molar-refractivity contribution is -0.136. The van der Waals surface area contributed by atoms with Crippen LogP contribution in [-0.2, 0) is 14.2 Å². The minimum atomic E-state index is -2.79. The first-order chi connectivity index (χ1) is 35.2. The molecule has 5 fully saturated rings. The smallest absolute Gasteiger partial charge is 0.262 e. The van der Waals surface area contributed by atoms with E-state index in [1.165, 1.54) is 17.3 Å². The number of likely N-dealkylation sites (tertiary alicyclic amines) is 1. The topological polar surface area (TPSA) is 198 Å². The number of imide groups is 2. The molecule has 5 aliphatic heterocycles. The van der Waals surface area contributed by atoms with Crippen molar-refractivity contribution in [1.82, 2.24) is 40.0 Å². The number of piperidine rings is 3. The number of nitrogens with one attached hydrogen (secondary N) is 3. The molecule has 3 aromatic carbocycles. The summed E-state index contributed by atoms with van der Waals surface area (Å²) in [6.45, 7) is 11.2. The summed E-state index contributed by atoms with van der Waals surface area (Å²) >= 11 is 3.61. The molecule has 0 radical (unpaired) electrons. The van der Waals surface area contributed by atoms with Gasteiger partial charge in [-0.2, -0.15) is 4.98 Å². The Labute approximate surface area is 431 Å². The Kier molecular flexibility index (Phi) is 13.5. The third-order valence-corrected chi connectivity index (χ3v) is 17.6. The molecule has 7 heterocycles. The number of hydrogen-bond donors (Lipinski definition) is 3. The van der Waals surface area contributed by atoms with Gasteiger partial charge in [0.2, 0.25) is 17.8 Å². The SMILES string of the molecule is COc1cc(N2CCC(N3CCC(CN4CCN(c5cc6c(cc5F)C(=O)N([C@H]5CCC(=O)NC5=O)C6=O)CC4)CC3)CC2)c(C2CC2)cc1Nc1ncc(Br)c(Nc2ccc3nccnc3c2P(C)(C)=O)n1. The van der Waals surface area contributed by atoms with E-state index < -0.39 is 42.6 Å².